The van der Waals surface area contributed by atoms with Gasteiger partial charge in [0.25, 0.3) is 0 Å². The van der Waals surface area contributed by atoms with E-state index in [0.29, 0.717) is 15.9 Å². The third-order valence-corrected chi connectivity index (χ3v) is 2.99. The Hall–Kier alpha value is -1.80. The molecule has 0 fully saturated rings. The van der Waals surface area contributed by atoms with Crippen LogP contribution in [0.3, 0.4) is 0 Å². The fourth-order valence-electron chi connectivity index (χ4n) is 1.44. The Morgan fingerprint density at radius 3 is 3.00 bits per heavy atom. The van der Waals surface area contributed by atoms with E-state index in [4.69, 9.17) is 5.73 Å². The van der Waals surface area contributed by atoms with Crippen LogP contribution in [0, 0.1) is 5.82 Å². The Labute approximate surface area is 116 Å². The van der Waals surface area contributed by atoms with Gasteiger partial charge in [0.1, 0.15) is 12.4 Å². The van der Waals surface area contributed by atoms with Crippen molar-refractivity contribution >= 4 is 27.5 Å². The van der Waals surface area contributed by atoms with E-state index in [1.807, 2.05) is 0 Å². The van der Waals surface area contributed by atoms with Crippen molar-refractivity contribution in [2.75, 3.05) is 5.32 Å². The number of hydrogen-bond acceptors (Lipinski definition) is 4. The molecule has 0 radical (unpaired) electrons. The smallest absolute Gasteiger partial charge is 0.246 e. The van der Waals surface area contributed by atoms with Crippen LogP contribution in [0.15, 0.2) is 28.9 Å². The van der Waals surface area contributed by atoms with Gasteiger partial charge in [0.05, 0.1) is 17.6 Å². The highest BCUT2D eigenvalue weighted by atomic mass is 79.9. The lowest BCUT2D eigenvalue weighted by atomic mass is 10.3. The van der Waals surface area contributed by atoms with Crippen LogP contribution in [0.25, 0.3) is 0 Å². The van der Waals surface area contributed by atoms with Gasteiger partial charge in [-0.2, -0.15) is 0 Å². The molecule has 0 aliphatic heterocycles. The molecule has 100 valence electrons. The molecule has 1 aromatic carbocycles. The summed E-state index contributed by atoms with van der Waals surface area (Å²) < 4.78 is 15.0. The number of nitrogens with one attached hydrogen (secondary N) is 1. The number of rotatable bonds is 4. The molecule has 3 N–H and O–H groups in total. The molecule has 1 heterocycles. The van der Waals surface area contributed by atoms with E-state index >= 15 is 0 Å². The highest BCUT2D eigenvalue weighted by Crippen LogP contribution is 2.22. The molecule has 2 rings (SSSR count). The summed E-state index contributed by atoms with van der Waals surface area (Å²) in [6, 6.07) is 4.05. The largest absolute Gasteiger partial charge is 0.325 e. The fourth-order valence-corrected chi connectivity index (χ4v) is 1.79. The van der Waals surface area contributed by atoms with Crippen LogP contribution in [-0.2, 0) is 17.9 Å². The van der Waals surface area contributed by atoms with Crippen molar-refractivity contribution < 1.29 is 9.18 Å². The van der Waals surface area contributed by atoms with Crippen molar-refractivity contribution in [1.29, 1.82) is 0 Å². The van der Waals surface area contributed by atoms with Gasteiger partial charge >= 0.3 is 0 Å². The molecule has 1 amide bonds. The highest BCUT2D eigenvalue weighted by molar-refractivity contribution is 9.10. The molecule has 0 unspecified atom stereocenters. The van der Waals surface area contributed by atoms with Crippen LogP contribution in [0.4, 0.5) is 10.1 Å². The first-order valence-corrected chi connectivity index (χ1v) is 6.22. The van der Waals surface area contributed by atoms with Crippen molar-refractivity contribution in [2.45, 2.75) is 13.1 Å². The first-order chi connectivity index (χ1) is 9.08. The molecule has 1 aromatic heterocycles. The summed E-state index contributed by atoms with van der Waals surface area (Å²) in [6.45, 7) is 0.243. The lowest BCUT2D eigenvalue weighted by molar-refractivity contribution is -0.116. The molecule has 8 heteroatoms. The number of aromatic nitrogens is 3. The molecule has 0 saturated carbocycles. The second kappa shape index (κ2) is 5.89. The number of hydrogen-bond donors (Lipinski definition) is 2. The minimum absolute atomic E-state index is 0.0179. The fraction of sp³-hybridized carbons (Fsp3) is 0.182. The first-order valence-electron chi connectivity index (χ1n) is 5.42. The normalized spacial score (nSPS) is 10.5. The molecule has 0 aliphatic rings. The zero-order valence-electron chi connectivity index (χ0n) is 9.81. The number of amides is 1. The van der Waals surface area contributed by atoms with Crippen LogP contribution in [0.1, 0.15) is 5.69 Å². The zero-order valence-corrected chi connectivity index (χ0v) is 11.4. The molecular formula is C11H11BrFN5O. The van der Waals surface area contributed by atoms with Crippen LogP contribution in [0.2, 0.25) is 0 Å². The second-order valence-corrected chi connectivity index (χ2v) is 4.64. The van der Waals surface area contributed by atoms with Crippen LogP contribution in [0.5, 0.6) is 0 Å². The Kier molecular flexibility index (Phi) is 4.23. The Morgan fingerprint density at radius 2 is 2.32 bits per heavy atom. The molecule has 0 atom stereocenters. The molecular weight excluding hydrogens is 317 g/mol. The van der Waals surface area contributed by atoms with Crippen LogP contribution >= 0.6 is 15.9 Å². The number of halogens is 2. The third kappa shape index (κ3) is 3.58. The average molecular weight is 328 g/mol. The quantitative estimate of drug-likeness (QED) is 0.885. The lowest BCUT2D eigenvalue weighted by Gasteiger charge is -2.07. The number of anilines is 1. The Bertz CT molecular complexity index is 601. The molecule has 2 aromatic rings. The van der Waals surface area contributed by atoms with Crippen LogP contribution < -0.4 is 11.1 Å². The Morgan fingerprint density at radius 1 is 1.53 bits per heavy atom. The van der Waals surface area contributed by atoms with Crippen molar-refractivity contribution in [3.05, 3.63) is 40.4 Å². The van der Waals surface area contributed by atoms with E-state index in [-0.39, 0.29) is 19.0 Å². The summed E-state index contributed by atoms with van der Waals surface area (Å²) in [4.78, 5) is 11.8. The summed E-state index contributed by atoms with van der Waals surface area (Å²) in [6.07, 6.45) is 1.58. The van der Waals surface area contributed by atoms with Gasteiger partial charge in [-0.1, -0.05) is 5.21 Å². The highest BCUT2D eigenvalue weighted by Gasteiger charge is 2.08. The van der Waals surface area contributed by atoms with Gasteiger partial charge in [-0.05, 0) is 34.1 Å². The van der Waals surface area contributed by atoms with Gasteiger partial charge < -0.3 is 11.1 Å². The number of carbonyl (C=O) groups excluding carboxylic acids is 1. The molecule has 0 spiro atoms. The van der Waals surface area contributed by atoms with E-state index in [1.165, 1.54) is 22.9 Å². The number of benzene rings is 1. The SMILES string of the molecule is NCc1cn(CC(=O)Nc2cc(F)ccc2Br)nn1. The van der Waals surface area contributed by atoms with Gasteiger partial charge in [-0.3, -0.25) is 4.79 Å². The van der Waals surface area contributed by atoms with Crippen molar-refractivity contribution in [1.82, 2.24) is 15.0 Å². The molecule has 19 heavy (non-hydrogen) atoms. The molecule has 0 aliphatic carbocycles. The summed E-state index contributed by atoms with van der Waals surface area (Å²) in [5, 5.41) is 10.1. The zero-order chi connectivity index (χ0) is 13.8. The van der Waals surface area contributed by atoms with Gasteiger partial charge in [-0.15, -0.1) is 5.10 Å². The van der Waals surface area contributed by atoms with Gasteiger partial charge in [0.2, 0.25) is 5.91 Å². The first kappa shape index (κ1) is 13.6. The van der Waals surface area contributed by atoms with Crippen molar-refractivity contribution in [2.24, 2.45) is 5.73 Å². The summed E-state index contributed by atoms with van der Waals surface area (Å²) in [5.74, 6) is -0.760. The van der Waals surface area contributed by atoms with E-state index in [9.17, 15) is 9.18 Å². The molecule has 0 bridgehead atoms. The predicted octanol–water partition coefficient (Wildman–Crippen LogP) is 1.28. The molecule has 0 saturated heterocycles. The van der Waals surface area contributed by atoms with E-state index in [0.717, 1.165) is 0 Å². The minimum Gasteiger partial charge on any atom is -0.325 e. The predicted molar refractivity (Wildman–Crippen MR) is 70.6 cm³/mol. The topological polar surface area (TPSA) is 85.8 Å². The standard InChI is InChI=1S/C11H11BrFN5O/c12-9-2-1-7(13)3-10(9)15-11(19)6-18-5-8(4-14)16-17-18/h1-3,5H,4,6,14H2,(H,15,19). The van der Waals surface area contributed by atoms with Gasteiger partial charge in [-0.25, -0.2) is 9.07 Å². The average Bonchev–Trinajstić information content (AvgIpc) is 2.81. The van der Waals surface area contributed by atoms with E-state index in [2.05, 4.69) is 31.6 Å². The van der Waals surface area contributed by atoms with Gasteiger partial charge in [0, 0.05) is 11.0 Å². The minimum atomic E-state index is -0.426. The Balaban J connectivity index is 2.03. The third-order valence-electron chi connectivity index (χ3n) is 2.30. The second-order valence-electron chi connectivity index (χ2n) is 3.78. The maximum Gasteiger partial charge on any atom is 0.246 e. The number of nitrogens with two attached hydrogens (primary N) is 1. The summed E-state index contributed by atoms with van der Waals surface area (Å²) in [7, 11) is 0. The molecule has 6 nitrogen and oxygen atoms in total. The van der Waals surface area contributed by atoms with E-state index in [1.54, 1.807) is 6.20 Å². The maximum atomic E-state index is 13.1. The van der Waals surface area contributed by atoms with Crippen LogP contribution in [-0.4, -0.2) is 20.9 Å². The summed E-state index contributed by atoms with van der Waals surface area (Å²) >= 11 is 3.23. The van der Waals surface area contributed by atoms with E-state index < -0.39 is 5.82 Å². The number of carbonyl (C=O) groups is 1. The lowest BCUT2D eigenvalue weighted by Crippen LogP contribution is -2.19. The summed E-state index contributed by atoms with van der Waals surface area (Å²) in [5.41, 5.74) is 6.35. The van der Waals surface area contributed by atoms with Crippen molar-refractivity contribution in [3.63, 3.8) is 0 Å². The maximum absolute atomic E-state index is 13.1. The van der Waals surface area contributed by atoms with Gasteiger partial charge in [0.15, 0.2) is 0 Å². The monoisotopic (exact) mass is 327 g/mol. The number of nitrogens with zero attached hydrogens (tertiary/aromatic N) is 3. The van der Waals surface area contributed by atoms with Crippen molar-refractivity contribution in [3.8, 4) is 0 Å².